The molecule has 0 bridgehead atoms. The van der Waals surface area contributed by atoms with Gasteiger partial charge in [0.2, 0.25) is 0 Å². The van der Waals surface area contributed by atoms with Crippen molar-refractivity contribution < 1.29 is 4.52 Å². The van der Waals surface area contributed by atoms with Crippen LogP contribution in [0.2, 0.25) is 0 Å². The predicted molar refractivity (Wildman–Crippen MR) is 123 cm³/mol. The number of aromatic nitrogens is 3. The zero-order valence-electron chi connectivity index (χ0n) is 17.8. The summed E-state index contributed by atoms with van der Waals surface area (Å²) >= 11 is 0. The first-order valence-corrected chi connectivity index (χ1v) is 9.57. The van der Waals surface area contributed by atoms with Crippen LogP contribution in [0.15, 0.2) is 40.9 Å². The number of nitrogens with zero attached hydrogens (tertiary/aromatic N) is 2. The van der Waals surface area contributed by atoms with E-state index in [9.17, 15) is 0 Å². The summed E-state index contributed by atoms with van der Waals surface area (Å²) in [4.78, 5) is 0. The van der Waals surface area contributed by atoms with Crippen molar-refractivity contribution in [1.82, 2.24) is 15.4 Å². The highest BCUT2D eigenvalue weighted by atomic mass is 16.5. The van der Waals surface area contributed by atoms with Gasteiger partial charge in [-0.05, 0) is 53.1 Å². The highest BCUT2D eigenvalue weighted by Crippen LogP contribution is 2.28. The minimum absolute atomic E-state index is 0. The van der Waals surface area contributed by atoms with Crippen molar-refractivity contribution in [3.05, 3.63) is 53.2 Å². The molecular weight excluding hydrogens is 360 g/mol. The lowest BCUT2D eigenvalue weighted by atomic mass is 9.87. The molecule has 2 aromatic heterocycles. The third kappa shape index (κ3) is 4.78. The van der Waals surface area contributed by atoms with Gasteiger partial charge in [-0.1, -0.05) is 66.3 Å². The summed E-state index contributed by atoms with van der Waals surface area (Å²) in [6, 6.07) is 12.5. The summed E-state index contributed by atoms with van der Waals surface area (Å²) in [5.74, 6) is 0.570. The molecule has 0 unspecified atom stereocenters. The maximum Gasteiger partial charge on any atom is 0.167 e. The fourth-order valence-electron chi connectivity index (χ4n) is 3.04. The van der Waals surface area contributed by atoms with Gasteiger partial charge in [-0.2, -0.15) is 5.10 Å². The minimum Gasteiger partial charge on any atom is -0.382 e. The van der Waals surface area contributed by atoms with Crippen molar-refractivity contribution in [2.24, 2.45) is 0 Å². The molecule has 0 aliphatic carbocycles. The van der Waals surface area contributed by atoms with E-state index >= 15 is 0 Å². The first kappa shape index (κ1) is 22.5. The van der Waals surface area contributed by atoms with Crippen LogP contribution in [0.4, 0.5) is 5.82 Å². The third-order valence-corrected chi connectivity index (χ3v) is 4.98. The Balaban J connectivity index is 0.000000200. The van der Waals surface area contributed by atoms with E-state index in [1.54, 1.807) is 0 Å². The third-order valence-electron chi connectivity index (χ3n) is 4.98. The topological polar surface area (TPSA) is 80.7 Å². The Morgan fingerprint density at radius 3 is 2.00 bits per heavy atom. The van der Waals surface area contributed by atoms with Crippen LogP contribution >= 0.6 is 0 Å². The van der Waals surface area contributed by atoms with Crippen molar-refractivity contribution in [3.63, 3.8) is 0 Å². The van der Waals surface area contributed by atoms with Gasteiger partial charge in [-0.25, -0.2) is 0 Å². The predicted octanol–water partition coefficient (Wildman–Crippen LogP) is 6.51. The molecule has 0 amide bonds. The summed E-state index contributed by atoms with van der Waals surface area (Å²) in [6.07, 6.45) is 0. The lowest BCUT2D eigenvalue weighted by Gasteiger charge is -2.18. The number of hydrogen-bond donors (Lipinski definition) is 2. The Morgan fingerprint density at radius 2 is 1.41 bits per heavy atom. The lowest BCUT2D eigenvalue weighted by molar-refractivity contribution is 0.449. The van der Waals surface area contributed by atoms with Gasteiger partial charge >= 0.3 is 0 Å². The molecule has 29 heavy (non-hydrogen) atoms. The van der Waals surface area contributed by atoms with E-state index in [0.717, 1.165) is 27.6 Å². The van der Waals surface area contributed by atoms with E-state index in [1.165, 1.54) is 11.1 Å². The first-order chi connectivity index (χ1) is 13.0. The van der Waals surface area contributed by atoms with E-state index in [-0.39, 0.29) is 18.3 Å². The molecule has 0 atom stereocenters. The molecule has 0 radical (unpaired) electrons. The number of benzene rings is 2. The Kier molecular flexibility index (Phi) is 6.12. The molecule has 0 fully saturated rings. The van der Waals surface area contributed by atoms with Crippen LogP contribution in [0.5, 0.6) is 0 Å². The van der Waals surface area contributed by atoms with Gasteiger partial charge in [0.25, 0.3) is 0 Å². The smallest absolute Gasteiger partial charge is 0.167 e. The maximum absolute atomic E-state index is 5.69. The zero-order chi connectivity index (χ0) is 20.7. The lowest BCUT2D eigenvalue weighted by Crippen LogP contribution is -2.10. The van der Waals surface area contributed by atoms with Crippen LogP contribution in [-0.2, 0) is 10.8 Å². The molecule has 0 saturated carbocycles. The molecule has 0 aliphatic rings. The Hall–Kier alpha value is -2.82. The number of nitrogen functional groups attached to an aromatic ring is 1. The number of aryl methyl sites for hydroxylation is 1. The first-order valence-electron chi connectivity index (χ1n) is 9.57. The van der Waals surface area contributed by atoms with Crippen molar-refractivity contribution in [2.75, 3.05) is 5.73 Å². The number of nitrogens with two attached hydrogens (primary N) is 1. The number of H-pyrrole nitrogens is 1. The second-order valence-electron chi connectivity index (χ2n) is 9.35. The van der Waals surface area contributed by atoms with Crippen molar-refractivity contribution >= 4 is 27.7 Å². The normalized spacial score (nSPS) is 11.8. The van der Waals surface area contributed by atoms with Gasteiger partial charge in [0.1, 0.15) is 0 Å². The van der Waals surface area contributed by atoms with Crippen molar-refractivity contribution in [1.29, 1.82) is 0 Å². The summed E-state index contributed by atoms with van der Waals surface area (Å²) < 4.78 is 5.23. The van der Waals surface area contributed by atoms with E-state index in [4.69, 9.17) is 10.3 Å². The van der Waals surface area contributed by atoms with Gasteiger partial charge in [-0.15, -0.1) is 0 Å². The molecule has 156 valence electrons. The molecule has 0 spiro atoms. The van der Waals surface area contributed by atoms with E-state index in [1.807, 2.05) is 13.0 Å². The molecule has 0 aliphatic heterocycles. The summed E-state index contributed by atoms with van der Waals surface area (Å²) in [5, 5.41) is 12.9. The summed E-state index contributed by atoms with van der Waals surface area (Å²) in [6.45, 7) is 15.1. The quantitative estimate of drug-likeness (QED) is 0.356. The Bertz CT molecular complexity index is 1020. The maximum atomic E-state index is 5.69. The number of aromatic amines is 1. The molecular formula is C24H34N4O. The van der Waals surface area contributed by atoms with Gasteiger partial charge in [0.05, 0.1) is 11.2 Å². The summed E-state index contributed by atoms with van der Waals surface area (Å²) in [5.41, 5.74) is 11.4. The molecule has 2 heterocycles. The average molecular weight is 395 g/mol. The number of hydrogen-bond acceptors (Lipinski definition) is 4. The Morgan fingerprint density at radius 1 is 0.862 bits per heavy atom. The number of rotatable bonds is 0. The summed E-state index contributed by atoms with van der Waals surface area (Å²) in [7, 11) is 0. The van der Waals surface area contributed by atoms with Gasteiger partial charge < -0.3 is 10.3 Å². The van der Waals surface area contributed by atoms with E-state index in [0.29, 0.717) is 5.82 Å². The molecule has 5 nitrogen and oxygen atoms in total. The fourth-order valence-corrected chi connectivity index (χ4v) is 3.04. The largest absolute Gasteiger partial charge is 0.382 e. The highest BCUT2D eigenvalue weighted by molar-refractivity contribution is 5.89. The van der Waals surface area contributed by atoms with Gasteiger partial charge in [0.15, 0.2) is 11.4 Å². The van der Waals surface area contributed by atoms with Crippen LogP contribution in [0.25, 0.3) is 21.9 Å². The molecule has 4 aromatic rings. The highest BCUT2D eigenvalue weighted by Gasteiger charge is 2.16. The monoisotopic (exact) mass is 394 g/mol. The fraction of sp³-hybridized carbons (Fsp3) is 0.417. The Labute approximate surface area is 173 Å². The van der Waals surface area contributed by atoms with Gasteiger partial charge in [-0.3, -0.25) is 5.10 Å². The van der Waals surface area contributed by atoms with Crippen molar-refractivity contribution in [2.45, 2.75) is 66.7 Å². The SMILES string of the molecule is C.CC(C)(C)c1ccc2c(N)n[nH]c2c1.Cc1noc2cc(C(C)(C)C)ccc12. The second kappa shape index (κ2) is 7.90. The minimum atomic E-state index is 0. The number of anilines is 1. The van der Waals surface area contributed by atoms with E-state index < -0.39 is 0 Å². The molecule has 4 rings (SSSR count). The molecule has 0 saturated heterocycles. The van der Waals surface area contributed by atoms with Crippen molar-refractivity contribution in [3.8, 4) is 0 Å². The molecule has 3 N–H and O–H groups in total. The zero-order valence-corrected chi connectivity index (χ0v) is 17.8. The van der Waals surface area contributed by atoms with E-state index in [2.05, 4.69) is 87.2 Å². The number of fused-ring (bicyclic) bond motifs is 2. The van der Waals surface area contributed by atoms with Crippen LogP contribution in [-0.4, -0.2) is 15.4 Å². The number of nitrogens with one attached hydrogen (secondary N) is 1. The van der Waals surface area contributed by atoms with Crippen LogP contribution in [0.1, 0.15) is 65.8 Å². The standard InChI is InChI=1S/C12H15NO.C11H15N3.CH4/c1-8-10-6-5-9(12(2,3)4)7-11(10)14-13-8;1-11(2,3)7-4-5-8-9(6-7)13-14-10(8)12;/h5-7H,1-4H3;4-6H,1-3H3,(H3,12,13,14);1H4. The molecule has 2 aromatic carbocycles. The van der Waals surface area contributed by atoms with Gasteiger partial charge in [0, 0.05) is 10.8 Å². The van der Waals surface area contributed by atoms with Crippen LogP contribution < -0.4 is 5.73 Å². The van der Waals surface area contributed by atoms with Crippen LogP contribution in [0, 0.1) is 6.92 Å². The average Bonchev–Trinajstić information content (AvgIpc) is 3.17. The van der Waals surface area contributed by atoms with Crippen LogP contribution in [0.3, 0.4) is 0 Å². The molecule has 5 heteroatoms. The second-order valence-corrected chi connectivity index (χ2v) is 9.35.